The summed E-state index contributed by atoms with van der Waals surface area (Å²) in [6.07, 6.45) is 6.20. The van der Waals surface area contributed by atoms with Gasteiger partial charge in [0.1, 0.15) is 11.5 Å². The summed E-state index contributed by atoms with van der Waals surface area (Å²) in [4.78, 5) is 0. The van der Waals surface area contributed by atoms with Gasteiger partial charge >= 0.3 is 0 Å². The van der Waals surface area contributed by atoms with Crippen LogP contribution in [0.2, 0.25) is 0 Å². The predicted molar refractivity (Wildman–Crippen MR) is 68.5 cm³/mol. The standard InChI is InChI=1S/C14H25NO/c1-4-6-7-8-12(3)15-11-14-10-9-13(5-2)16-14/h9-10,12,15H,4-8,11H2,1-3H3. The molecular weight excluding hydrogens is 198 g/mol. The summed E-state index contributed by atoms with van der Waals surface area (Å²) in [6, 6.07) is 4.73. The number of unbranched alkanes of at least 4 members (excludes halogenated alkanes) is 2. The summed E-state index contributed by atoms with van der Waals surface area (Å²) in [6.45, 7) is 7.46. The summed E-state index contributed by atoms with van der Waals surface area (Å²) in [7, 11) is 0. The first-order valence-electron chi connectivity index (χ1n) is 6.57. The van der Waals surface area contributed by atoms with Gasteiger partial charge in [-0.1, -0.05) is 33.1 Å². The second kappa shape index (κ2) is 7.50. The highest BCUT2D eigenvalue weighted by Crippen LogP contribution is 2.09. The molecule has 16 heavy (non-hydrogen) atoms. The highest BCUT2D eigenvalue weighted by Gasteiger charge is 2.04. The fourth-order valence-corrected chi connectivity index (χ4v) is 1.78. The Morgan fingerprint density at radius 1 is 1.19 bits per heavy atom. The third-order valence-electron chi connectivity index (χ3n) is 2.93. The van der Waals surface area contributed by atoms with E-state index in [0.29, 0.717) is 6.04 Å². The van der Waals surface area contributed by atoms with Gasteiger partial charge in [-0.25, -0.2) is 0 Å². The molecule has 1 atom stereocenters. The van der Waals surface area contributed by atoms with E-state index in [4.69, 9.17) is 4.42 Å². The highest BCUT2D eigenvalue weighted by molar-refractivity contribution is 5.06. The van der Waals surface area contributed by atoms with Crippen molar-refractivity contribution in [1.29, 1.82) is 0 Å². The van der Waals surface area contributed by atoms with E-state index in [-0.39, 0.29) is 0 Å². The topological polar surface area (TPSA) is 25.2 Å². The van der Waals surface area contributed by atoms with Gasteiger partial charge in [0.25, 0.3) is 0 Å². The van der Waals surface area contributed by atoms with Crippen LogP contribution < -0.4 is 5.32 Å². The normalized spacial score (nSPS) is 12.9. The summed E-state index contributed by atoms with van der Waals surface area (Å²) in [5, 5.41) is 3.50. The van der Waals surface area contributed by atoms with Crippen LogP contribution in [-0.2, 0) is 13.0 Å². The Morgan fingerprint density at radius 2 is 1.94 bits per heavy atom. The first kappa shape index (κ1) is 13.3. The van der Waals surface area contributed by atoms with Gasteiger partial charge < -0.3 is 9.73 Å². The Balaban J connectivity index is 2.18. The third kappa shape index (κ3) is 4.84. The highest BCUT2D eigenvalue weighted by atomic mass is 16.3. The molecule has 0 bridgehead atoms. The van der Waals surface area contributed by atoms with E-state index in [2.05, 4.69) is 38.2 Å². The number of aryl methyl sites for hydroxylation is 1. The van der Waals surface area contributed by atoms with Crippen LogP contribution in [0.3, 0.4) is 0 Å². The van der Waals surface area contributed by atoms with Gasteiger partial charge in [-0.15, -0.1) is 0 Å². The quantitative estimate of drug-likeness (QED) is 0.676. The van der Waals surface area contributed by atoms with Crippen LogP contribution in [0.4, 0.5) is 0 Å². The largest absolute Gasteiger partial charge is 0.465 e. The van der Waals surface area contributed by atoms with Crippen molar-refractivity contribution in [3.63, 3.8) is 0 Å². The van der Waals surface area contributed by atoms with Crippen molar-refractivity contribution in [3.8, 4) is 0 Å². The van der Waals surface area contributed by atoms with E-state index in [1.807, 2.05) is 0 Å². The minimum absolute atomic E-state index is 0.585. The Morgan fingerprint density at radius 3 is 2.56 bits per heavy atom. The molecule has 0 aromatic carbocycles. The van der Waals surface area contributed by atoms with Crippen molar-refractivity contribution in [2.75, 3.05) is 0 Å². The van der Waals surface area contributed by atoms with Crippen molar-refractivity contribution in [1.82, 2.24) is 5.32 Å². The molecule has 92 valence electrons. The molecule has 1 unspecified atom stereocenters. The second-order valence-electron chi connectivity index (χ2n) is 4.50. The van der Waals surface area contributed by atoms with Gasteiger partial charge in [0.05, 0.1) is 6.54 Å². The minimum Gasteiger partial charge on any atom is -0.465 e. The Bertz CT molecular complexity index is 280. The summed E-state index contributed by atoms with van der Waals surface area (Å²) < 4.78 is 5.65. The molecule has 0 saturated carbocycles. The van der Waals surface area contributed by atoms with Crippen LogP contribution in [0.5, 0.6) is 0 Å². The lowest BCUT2D eigenvalue weighted by molar-refractivity contribution is 0.418. The molecule has 0 aliphatic carbocycles. The van der Waals surface area contributed by atoms with E-state index in [0.717, 1.165) is 24.5 Å². The second-order valence-corrected chi connectivity index (χ2v) is 4.50. The molecule has 1 aromatic rings. The lowest BCUT2D eigenvalue weighted by Gasteiger charge is -2.12. The lowest BCUT2D eigenvalue weighted by atomic mass is 10.1. The predicted octanol–water partition coefficient (Wildman–Crippen LogP) is 3.90. The summed E-state index contributed by atoms with van der Waals surface area (Å²) in [5.74, 6) is 2.13. The van der Waals surface area contributed by atoms with Gasteiger partial charge in [0, 0.05) is 12.5 Å². The Labute approximate surface area is 99.4 Å². The fraction of sp³-hybridized carbons (Fsp3) is 0.714. The summed E-state index contributed by atoms with van der Waals surface area (Å²) in [5.41, 5.74) is 0. The smallest absolute Gasteiger partial charge is 0.117 e. The van der Waals surface area contributed by atoms with Gasteiger partial charge in [0.2, 0.25) is 0 Å². The molecule has 2 nitrogen and oxygen atoms in total. The maximum Gasteiger partial charge on any atom is 0.117 e. The molecule has 2 heteroatoms. The van der Waals surface area contributed by atoms with Gasteiger partial charge in [0.15, 0.2) is 0 Å². The average molecular weight is 223 g/mol. The average Bonchev–Trinajstić information content (AvgIpc) is 2.74. The molecule has 0 aliphatic heterocycles. The van der Waals surface area contributed by atoms with Crippen molar-refractivity contribution in [2.45, 2.75) is 65.5 Å². The number of hydrogen-bond donors (Lipinski definition) is 1. The monoisotopic (exact) mass is 223 g/mol. The molecule has 1 rings (SSSR count). The Hall–Kier alpha value is -0.760. The molecule has 0 spiro atoms. The van der Waals surface area contributed by atoms with Crippen molar-refractivity contribution in [2.24, 2.45) is 0 Å². The Kier molecular flexibility index (Phi) is 6.24. The van der Waals surface area contributed by atoms with Crippen LogP contribution in [0.25, 0.3) is 0 Å². The maximum absolute atomic E-state index is 5.65. The van der Waals surface area contributed by atoms with Crippen LogP contribution in [0.15, 0.2) is 16.5 Å². The SMILES string of the molecule is CCCCCC(C)NCc1ccc(CC)o1. The third-order valence-corrected chi connectivity index (χ3v) is 2.93. The van der Waals surface area contributed by atoms with Gasteiger partial charge in [-0.05, 0) is 25.5 Å². The zero-order valence-electron chi connectivity index (χ0n) is 10.9. The lowest BCUT2D eigenvalue weighted by Crippen LogP contribution is -2.25. The van der Waals surface area contributed by atoms with Crippen molar-refractivity contribution in [3.05, 3.63) is 23.7 Å². The van der Waals surface area contributed by atoms with E-state index >= 15 is 0 Å². The molecule has 0 amide bonds. The number of hydrogen-bond acceptors (Lipinski definition) is 2. The maximum atomic E-state index is 5.65. The van der Waals surface area contributed by atoms with Gasteiger partial charge in [-0.3, -0.25) is 0 Å². The van der Waals surface area contributed by atoms with Crippen molar-refractivity contribution < 1.29 is 4.42 Å². The number of furan rings is 1. The van der Waals surface area contributed by atoms with Crippen LogP contribution >= 0.6 is 0 Å². The molecule has 0 aliphatic rings. The first-order chi connectivity index (χ1) is 7.76. The molecule has 1 heterocycles. The van der Waals surface area contributed by atoms with Crippen LogP contribution in [0.1, 0.15) is 58.0 Å². The summed E-state index contributed by atoms with van der Waals surface area (Å²) >= 11 is 0. The fourth-order valence-electron chi connectivity index (χ4n) is 1.78. The molecular formula is C14H25NO. The van der Waals surface area contributed by atoms with Crippen LogP contribution in [-0.4, -0.2) is 6.04 Å². The first-order valence-corrected chi connectivity index (χ1v) is 6.57. The van der Waals surface area contributed by atoms with E-state index in [1.54, 1.807) is 0 Å². The number of rotatable bonds is 8. The van der Waals surface area contributed by atoms with E-state index < -0.39 is 0 Å². The van der Waals surface area contributed by atoms with E-state index in [9.17, 15) is 0 Å². The van der Waals surface area contributed by atoms with Crippen LogP contribution in [0, 0.1) is 0 Å². The van der Waals surface area contributed by atoms with E-state index in [1.165, 1.54) is 25.7 Å². The molecule has 0 radical (unpaired) electrons. The van der Waals surface area contributed by atoms with Gasteiger partial charge in [-0.2, -0.15) is 0 Å². The van der Waals surface area contributed by atoms with Crippen molar-refractivity contribution >= 4 is 0 Å². The molecule has 0 fully saturated rings. The molecule has 1 N–H and O–H groups in total. The molecule has 0 saturated heterocycles. The minimum atomic E-state index is 0.585. The zero-order valence-corrected chi connectivity index (χ0v) is 10.9. The molecule has 1 aromatic heterocycles. The number of nitrogens with one attached hydrogen (secondary N) is 1. The zero-order chi connectivity index (χ0) is 11.8.